The second-order valence-corrected chi connectivity index (χ2v) is 6.67. The fourth-order valence-corrected chi connectivity index (χ4v) is 3.96. The quantitative estimate of drug-likeness (QED) is 0.674. The lowest BCUT2D eigenvalue weighted by atomic mass is 9.81. The maximum atomic E-state index is 6.22. The van der Waals surface area contributed by atoms with Gasteiger partial charge in [-0.3, -0.25) is 0 Å². The molecule has 2 heteroatoms. The van der Waals surface area contributed by atoms with Crippen LogP contribution < -0.4 is 0 Å². The lowest BCUT2D eigenvalue weighted by Crippen LogP contribution is -2.24. The molecule has 1 unspecified atom stereocenters. The third kappa shape index (κ3) is 2.11. The molecule has 1 fully saturated rings. The van der Waals surface area contributed by atoms with Crippen molar-refractivity contribution in [3.05, 3.63) is 35.2 Å². The summed E-state index contributed by atoms with van der Waals surface area (Å²) >= 11 is 8.07. The van der Waals surface area contributed by atoms with Crippen LogP contribution in [0.1, 0.15) is 25.3 Å². The molecule has 17 heavy (non-hydrogen) atoms. The van der Waals surface area contributed by atoms with E-state index in [4.69, 9.17) is 11.6 Å². The van der Waals surface area contributed by atoms with E-state index in [2.05, 4.69) is 36.6 Å². The minimum Gasteiger partial charge on any atom is -0.144 e. The molecular formula is C15H17ClS. The first-order valence-corrected chi connectivity index (χ1v) is 7.65. The van der Waals surface area contributed by atoms with Gasteiger partial charge < -0.3 is 0 Å². The highest BCUT2D eigenvalue weighted by molar-refractivity contribution is 7.17. The number of benzene rings is 1. The van der Waals surface area contributed by atoms with Crippen LogP contribution in [-0.4, -0.2) is 5.88 Å². The summed E-state index contributed by atoms with van der Waals surface area (Å²) in [4.78, 5) is 0. The molecule has 2 aromatic rings. The zero-order valence-electron chi connectivity index (χ0n) is 10.1. The average molecular weight is 265 g/mol. The van der Waals surface area contributed by atoms with Crippen molar-refractivity contribution in [3.63, 3.8) is 0 Å². The Kier molecular flexibility index (Phi) is 2.92. The Morgan fingerprint density at radius 1 is 1.35 bits per heavy atom. The number of rotatable bonds is 4. The second-order valence-electron chi connectivity index (χ2n) is 5.50. The van der Waals surface area contributed by atoms with Crippen molar-refractivity contribution < 1.29 is 0 Å². The minimum atomic E-state index is 0.297. The fraction of sp³-hybridized carbons (Fsp3) is 0.467. The summed E-state index contributed by atoms with van der Waals surface area (Å²) < 4.78 is 1.40. The first-order chi connectivity index (χ1) is 8.23. The van der Waals surface area contributed by atoms with Gasteiger partial charge in [-0.1, -0.05) is 25.1 Å². The van der Waals surface area contributed by atoms with Crippen molar-refractivity contribution in [1.29, 1.82) is 0 Å². The Bertz CT molecular complexity index is 526. The van der Waals surface area contributed by atoms with Crippen LogP contribution >= 0.6 is 22.9 Å². The maximum absolute atomic E-state index is 6.22. The van der Waals surface area contributed by atoms with E-state index in [0.29, 0.717) is 5.41 Å². The lowest BCUT2D eigenvalue weighted by Gasteiger charge is -2.26. The standard InChI is InChI=1S/C15H17ClS/c1-15(10-16,12-6-7-12)8-11-9-17-14-5-3-2-4-13(11)14/h2-5,9,12H,6-8,10H2,1H3. The molecule has 0 N–H and O–H groups in total. The Balaban J connectivity index is 1.94. The number of hydrogen-bond donors (Lipinski definition) is 0. The summed E-state index contributed by atoms with van der Waals surface area (Å²) in [5, 5.41) is 3.74. The Morgan fingerprint density at radius 2 is 2.12 bits per heavy atom. The molecule has 3 rings (SSSR count). The van der Waals surface area contributed by atoms with Crippen LogP contribution in [0.25, 0.3) is 10.1 Å². The molecule has 1 heterocycles. The highest BCUT2D eigenvalue weighted by Crippen LogP contribution is 2.48. The molecule has 0 nitrogen and oxygen atoms in total. The van der Waals surface area contributed by atoms with Crippen LogP contribution in [0.5, 0.6) is 0 Å². The van der Waals surface area contributed by atoms with Gasteiger partial charge >= 0.3 is 0 Å². The third-order valence-electron chi connectivity index (χ3n) is 4.02. The predicted octanol–water partition coefficient (Wildman–Crippen LogP) is 5.10. The fourth-order valence-electron chi connectivity index (χ4n) is 2.69. The van der Waals surface area contributed by atoms with Crippen molar-refractivity contribution >= 4 is 33.0 Å². The number of fused-ring (bicyclic) bond motifs is 1. The van der Waals surface area contributed by atoms with E-state index in [-0.39, 0.29) is 0 Å². The van der Waals surface area contributed by atoms with Crippen molar-refractivity contribution in [2.75, 3.05) is 5.88 Å². The predicted molar refractivity (Wildman–Crippen MR) is 77.1 cm³/mol. The maximum Gasteiger partial charge on any atom is 0.0345 e. The van der Waals surface area contributed by atoms with E-state index in [9.17, 15) is 0 Å². The first kappa shape index (κ1) is 11.6. The summed E-state index contributed by atoms with van der Waals surface area (Å²) in [6.07, 6.45) is 3.86. The molecule has 0 aliphatic heterocycles. The van der Waals surface area contributed by atoms with Crippen LogP contribution in [0.3, 0.4) is 0 Å². The van der Waals surface area contributed by atoms with Gasteiger partial charge in [0.15, 0.2) is 0 Å². The normalized spacial score (nSPS) is 19.4. The lowest BCUT2D eigenvalue weighted by molar-refractivity contribution is 0.314. The topological polar surface area (TPSA) is 0 Å². The summed E-state index contributed by atoms with van der Waals surface area (Å²) in [5.74, 6) is 1.63. The molecule has 1 aromatic carbocycles. The van der Waals surface area contributed by atoms with E-state index >= 15 is 0 Å². The highest BCUT2D eigenvalue weighted by Gasteiger charge is 2.41. The van der Waals surface area contributed by atoms with Gasteiger partial charge in [-0.2, -0.15) is 0 Å². The monoisotopic (exact) mass is 264 g/mol. The van der Waals surface area contributed by atoms with Gasteiger partial charge in [0.25, 0.3) is 0 Å². The van der Waals surface area contributed by atoms with Gasteiger partial charge in [-0.25, -0.2) is 0 Å². The van der Waals surface area contributed by atoms with E-state index in [1.807, 2.05) is 11.3 Å². The molecule has 0 radical (unpaired) electrons. The Hall–Kier alpha value is -0.530. The number of alkyl halides is 1. The molecule has 0 amide bonds. The average Bonchev–Trinajstić information content (AvgIpc) is 3.14. The van der Waals surface area contributed by atoms with Crippen molar-refractivity contribution in [3.8, 4) is 0 Å². The summed E-state index contributed by atoms with van der Waals surface area (Å²) in [6.45, 7) is 2.35. The Labute approximate surface area is 112 Å². The van der Waals surface area contributed by atoms with Crippen LogP contribution in [0.2, 0.25) is 0 Å². The van der Waals surface area contributed by atoms with Gasteiger partial charge in [-0.05, 0) is 53.0 Å². The molecule has 1 atom stereocenters. The second kappa shape index (κ2) is 4.29. The largest absolute Gasteiger partial charge is 0.144 e. The smallest absolute Gasteiger partial charge is 0.0345 e. The minimum absolute atomic E-state index is 0.297. The van der Waals surface area contributed by atoms with Crippen molar-refractivity contribution in [2.24, 2.45) is 11.3 Å². The van der Waals surface area contributed by atoms with E-state index < -0.39 is 0 Å². The molecular weight excluding hydrogens is 248 g/mol. The SMILES string of the molecule is CC(CCl)(Cc1csc2ccccc12)C1CC1. The first-order valence-electron chi connectivity index (χ1n) is 6.24. The van der Waals surface area contributed by atoms with Crippen LogP contribution in [0.4, 0.5) is 0 Å². The third-order valence-corrected chi connectivity index (χ3v) is 5.65. The van der Waals surface area contributed by atoms with Crippen molar-refractivity contribution in [2.45, 2.75) is 26.2 Å². The molecule has 1 aromatic heterocycles. The van der Waals surface area contributed by atoms with Gasteiger partial charge in [0.05, 0.1) is 0 Å². The molecule has 1 aliphatic carbocycles. The summed E-state index contributed by atoms with van der Waals surface area (Å²) in [7, 11) is 0. The number of hydrogen-bond acceptors (Lipinski definition) is 1. The van der Waals surface area contributed by atoms with Crippen LogP contribution in [-0.2, 0) is 6.42 Å². The van der Waals surface area contributed by atoms with Gasteiger partial charge in [0.1, 0.15) is 0 Å². The Morgan fingerprint density at radius 3 is 2.82 bits per heavy atom. The highest BCUT2D eigenvalue weighted by atomic mass is 35.5. The van der Waals surface area contributed by atoms with E-state index in [1.165, 1.54) is 28.5 Å². The number of thiophene rings is 1. The van der Waals surface area contributed by atoms with Crippen LogP contribution in [0.15, 0.2) is 29.6 Å². The molecule has 1 saturated carbocycles. The molecule has 90 valence electrons. The van der Waals surface area contributed by atoms with Gasteiger partial charge in [0, 0.05) is 10.6 Å². The summed E-state index contributed by atoms with van der Waals surface area (Å²) in [5.41, 5.74) is 1.78. The van der Waals surface area contributed by atoms with Crippen molar-refractivity contribution in [1.82, 2.24) is 0 Å². The molecule has 1 aliphatic rings. The van der Waals surface area contributed by atoms with Gasteiger partial charge in [-0.15, -0.1) is 22.9 Å². The molecule has 0 spiro atoms. The van der Waals surface area contributed by atoms with E-state index in [1.54, 1.807) is 0 Å². The van der Waals surface area contributed by atoms with Crippen LogP contribution in [0, 0.1) is 11.3 Å². The molecule has 0 saturated heterocycles. The number of halogens is 1. The molecule has 0 bridgehead atoms. The zero-order valence-corrected chi connectivity index (χ0v) is 11.7. The van der Waals surface area contributed by atoms with E-state index in [0.717, 1.165) is 18.2 Å². The van der Waals surface area contributed by atoms with Gasteiger partial charge in [0.2, 0.25) is 0 Å². The zero-order chi connectivity index (χ0) is 11.9. The summed E-state index contributed by atoms with van der Waals surface area (Å²) in [6, 6.07) is 8.69.